The van der Waals surface area contributed by atoms with Crippen LogP contribution < -0.4 is 10.6 Å². The van der Waals surface area contributed by atoms with Gasteiger partial charge in [-0.05, 0) is 37.8 Å². The van der Waals surface area contributed by atoms with Gasteiger partial charge >= 0.3 is 0 Å². The molecule has 2 heterocycles. The van der Waals surface area contributed by atoms with Crippen LogP contribution in [0.15, 0.2) is 29.3 Å². The molecule has 6 heteroatoms. The molecule has 2 atom stereocenters. The summed E-state index contributed by atoms with van der Waals surface area (Å²) >= 11 is 0. The Morgan fingerprint density at radius 1 is 1.07 bits per heavy atom. The Labute approximate surface area is 176 Å². The highest BCUT2D eigenvalue weighted by molar-refractivity contribution is 5.79. The van der Waals surface area contributed by atoms with Crippen LogP contribution in [0.25, 0.3) is 0 Å². The highest BCUT2D eigenvalue weighted by atomic mass is 16.5. The number of hydrogen-bond acceptors (Lipinski definition) is 4. The smallest absolute Gasteiger partial charge is 0.191 e. The van der Waals surface area contributed by atoms with Crippen molar-refractivity contribution in [2.24, 2.45) is 4.99 Å². The first-order chi connectivity index (χ1) is 14.2. The number of benzene rings is 1. The fraction of sp³-hybridized carbons (Fsp3) is 0.696. The van der Waals surface area contributed by atoms with Gasteiger partial charge in [0.2, 0.25) is 0 Å². The van der Waals surface area contributed by atoms with E-state index in [0.29, 0.717) is 12.1 Å². The first kappa shape index (κ1) is 22.1. The molecule has 2 unspecified atom stereocenters. The van der Waals surface area contributed by atoms with Gasteiger partial charge in [-0.15, -0.1) is 0 Å². The second-order valence-corrected chi connectivity index (χ2v) is 8.15. The van der Waals surface area contributed by atoms with Crippen LogP contribution in [-0.2, 0) is 17.7 Å². The minimum absolute atomic E-state index is 0.440. The lowest BCUT2D eigenvalue weighted by Crippen LogP contribution is -2.49. The lowest BCUT2D eigenvalue weighted by Gasteiger charge is -2.35. The van der Waals surface area contributed by atoms with Gasteiger partial charge in [0.05, 0.1) is 19.8 Å². The molecular formula is C23H39N5O. The first-order valence-electron chi connectivity index (χ1n) is 11.4. The first-order valence-corrected chi connectivity index (χ1v) is 11.4. The maximum Gasteiger partial charge on any atom is 0.191 e. The highest BCUT2D eigenvalue weighted by Gasteiger charge is 2.22. The molecule has 2 aliphatic rings. The zero-order chi connectivity index (χ0) is 20.5. The van der Waals surface area contributed by atoms with Crippen LogP contribution in [0.2, 0.25) is 0 Å². The fourth-order valence-electron chi connectivity index (χ4n) is 4.27. The number of fused-ring (bicyclic) bond motifs is 1. The number of ether oxygens (including phenoxy) is 1. The Hall–Kier alpha value is -1.63. The monoisotopic (exact) mass is 401 g/mol. The van der Waals surface area contributed by atoms with Crippen molar-refractivity contribution in [2.45, 2.75) is 52.2 Å². The average Bonchev–Trinajstić information content (AvgIpc) is 2.78. The number of nitrogens with zero attached hydrogens (tertiary/aromatic N) is 3. The van der Waals surface area contributed by atoms with Crippen LogP contribution >= 0.6 is 0 Å². The maximum absolute atomic E-state index is 5.46. The molecule has 0 aromatic heterocycles. The Balaban J connectivity index is 1.52. The van der Waals surface area contributed by atoms with Gasteiger partial charge in [0.25, 0.3) is 0 Å². The third-order valence-electron chi connectivity index (χ3n) is 6.18. The van der Waals surface area contributed by atoms with Crippen molar-refractivity contribution in [3.05, 3.63) is 35.4 Å². The molecule has 1 saturated heterocycles. The molecule has 2 N–H and O–H groups in total. The predicted molar refractivity (Wildman–Crippen MR) is 120 cm³/mol. The van der Waals surface area contributed by atoms with E-state index in [9.17, 15) is 0 Å². The van der Waals surface area contributed by atoms with Gasteiger partial charge in [0.15, 0.2) is 5.96 Å². The van der Waals surface area contributed by atoms with Gasteiger partial charge < -0.3 is 15.4 Å². The van der Waals surface area contributed by atoms with E-state index < -0.39 is 0 Å². The number of guanidine groups is 1. The van der Waals surface area contributed by atoms with Crippen molar-refractivity contribution in [2.75, 3.05) is 52.5 Å². The normalized spacial score (nSPS) is 20.7. The second-order valence-electron chi connectivity index (χ2n) is 8.15. The number of nitrogens with one attached hydrogen (secondary N) is 2. The van der Waals surface area contributed by atoms with E-state index in [1.807, 2.05) is 0 Å². The molecule has 3 rings (SSSR count). The van der Waals surface area contributed by atoms with Crippen molar-refractivity contribution < 1.29 is 4.74 Å². The largest absolute Gasteiger partial charge is 0.379 e. The molecule has 6 nitrogen and oxygen atoms in total. The number of aliphatic imine (C=N–C) groups is 1. The lowest BCUT2D eigenvalue weighted by molar-refractivity contribution is 0.0220. The van der Waals surface area contributed by atoms with Gasteiger partial charge in [-0.3, -0.25) is 14.8 Å². The minimum Gasteiger partial charge on any atom is -0.379 e. The van der Waals surface area contributed by atoms with Crippen molar-refractivity contribution in [1.29, 1.82) is 0 Å². The topological polar surface area (TPSA) is 52.1 Å². The fourth-order valence-corrected chi connectivity index (χ4v) is 4.27. The van der Waals surface area contributed by atoms with Gasteiger partial charge in [-0.1, -0.05) is 31.2 Å². The molecule has 162 valence electrons. The predicted octanol–water partition coefficient (Wildman–Crippen LogP) is 2.10. The SMILES string of the molecule is CCNC(=NCC(C)N1CCOCC1)NCC(CC)N1CCc2ccccc2C1. The summed E-state index contributed by atoms with van der Waals surface area (Å²) in [4.78, 5) is 9.96. The summed E-state index contributed by atoms with van der Waals surface area (Å²) in [6.07, 6.45) is 2.29. The lowest BCUT2D eigenvalue weighted by atomic mass is 9.98. The standard InChI is InChI=1S/C23H39N5O/c1-4-22(28-11-10-20-8-6-7-9-21(20)18-28)17-26-23(24-5-2)25-16-19(3)27-12-14-29-15-13-27/h6-9,19,22H,4-5,10-18H2,1-3H3,(H2,24,25,26). The Morgan fingerprint density at radius 3 is 2.55 bits per heavy atom. The zero-order valence-corrected chi connectivity index (χ0v) is 18.5. The summed E-state index contributed by atoms with van der Waals surface area (Å²) in [5, 5.41) is 7.02. The van der Waals surface area contributed by atoms with E-state index in [0.717, 1.165) is 77.8 Å². The van der Waals surface area contributed by atoms with E-state index in [4.69, 9.17) is 9.73 Å². The summed E-state index contributed by atoms with van der Waals surface area (Å²) in [5.41, 5.74) is 3.00. The number of rotatable bonds is 8. The Bertz CT molecular complexity index is 644. The van der Waals surface area contributed by atoms with Crippen LogP contribution in [-0.4, -0.2) is 80.3 Å². The highest BCUT2D eigenvalue weighted by Crippen LogP contribution is 2.21. The molecule has 0 amide bonds. The van der Waals surface area contributed by atoms with Crippen molar-refractivity contribution in [1.82, 2.24) is 20.4 Å². The van der Waals surface area contributed by atoms with Crippen LogP contribution in [0.5, 0.6) is 0 Å². The van der Waals surface area contributed by atoms with Crippen LogP contribution in [0.3, 0.4) is 0 Å². The van der Waals surface area contributed by atoms with E-state index >= 15 is 0 Å². The summed E-state index contributed by atoms with van der Waals surface area (Å²) < 4.78 is 5.46. The molecular weight excluding hydrogens is 362 g/mol. The summed E-state index contributed by atoms with van der Waals surface area (Å²) in [6.45, 7) is 15.2. The third-order valence-corrected chi connectivity index (χ3v) is 6.18. The molecule has 0 radical (unpaired) electrons. The number of morpholine rings is 1. The molecule has 0 spiro atoms. The molecule has 1 fully saturated rings. The van der Waals surface area contributed by atoms with Gasteiger partial charge in [0.1, 0.15) is 0 Å². The van der Waals surface area contributed by atoms with Gasteiger partial charge in [-0.2, -0.15) is 0 Å². The van der Waals surface area contributed by atoms with E-state index in [-0.39, 0.29) is 0 Å². The van der Waals surface area contributed by atoms with Crippen molar-refractivity contribution in [3.63, 3.8) is 0 Å². The average molecular weight is 402 g/mol. The third kappa shape index (κ3) is 6.43. The summed E-state index contributed by atoms with van der Waals surface area (Å²) in [5.74, 6) is 0.934. The molecule has 1 aromatic rings. The van der Waals surface area contributed by atoms with E-state index in [1.54, 1.807) is 0 Å². The summed E-state index contributed by atoms with van der Waals surface area (Å²) in [7, 11) is 0. The molecule has 0 aliphatic carbocycles. The molecule has 29 heavy (non-hydrogen) atoms. The van der Waals surface area contributed by atoms with Crippen molar-refractivity contribution in [3.8, 4) is 0 Å². The quantitative estimate of drug-likeness (QED) is 0.516. The Morgan fingerprint density at radius 2 is 1.83 bits per heavy atom. The maximum atomic E-state index is 5.46. The van der Waals surface area contributed by atoms with E-state index in [1.165, 1.54) is 11.1 Å². The molecule has 2 aliphatic heterocycles. The molecule has 1 aromatic carbocycles. The van der Waals surface area contributed by atoms with Crippen LogP contribution in [0.4, 0.5) is 0 Å². The molecule has 0 bridgehead atoms. The minimum atomic E-state index is 0.440. The van der Waals surface area contributed by atoms with Crippen LogP contribution in [0.1, 0.15) is 38.3 Å². The number of hydrogen-bond donors (Lipinski definition) is 2. The van der Waals surface area contributed by atoms with Crippen LogP contribution in [0, 0.1) is 0 Å². The van der Waals surface area contributed by atoms with Gasteiger partial charge in [-0.25, -0.2) is 0 Å². The Kier molecular flexibility index (Phi) is 8.77. The summed E-state index contributed by atoms with van der Waals surface area (Å²) in [6, 6.07) is 9.83. The zero-order valence-electron chi connectivity index (χ0n) is 18.5. The van der Waals surface area contributed by atoms with Gasteiger partial charge in [0, 0.05) is 51.4 Å². The second kappa shape index (κ2) is 11.5. The molecule has 0 saturated carbocycles. The van der Waals surface area contributed by atoms with E-state index in [2.05, 4.69) is 65.5 Å². The van der Waals surface area contributed by atoms with Crippen molar-refractivity contribution >= 4 is 5.96 Å².